The predicted octanol–water partition coefficient (Wildman–Crippen LogP) is 4.22. The van der Waals surface area contributed by atoms with E-state index < -0.39 is 24.0 Å². The lowest BCUT2D eigenvalue weighted by atomic mass is 9.99. The molecule has 2 aromatic heterocycles. The van der Waals surface area contributed by atoms with Gasteiger partial charge >= 0.3 is 6.36 Å². The summed E-state index contributed by atoms with van der Waals surface area (Å²) in [6.07, 6.45) is 0.225. The first kappa shape index (κ1) is 20.3. The molecule has 0 spiro atoms. The molecule has 0 saturated carbocycles. The molecule has 1 amide bonds. The molecule has 6 nitrogen and oxygen atoms in total. The summed E-state index contributed by atoms with van der Waals surface area (Å²) in [7, 11) is 0. The first-order chi connectivity index (χ1) is 13.7. The van der Waals surface area contributed by atoms with E-state index in [1.54, 1.807) is 18.3 Å². The molecule has 152 valence electrons. The summed E-state index contributed by atoms with van der Waals surface area (Å²) in [5.74, 6) is -1.84. The monoisotopic (exact) mass is 408 g/mol. The number of pyridine rings is 2. The summed E-state index contributed by atoms with van der Waals surface area (Å²) in [6.45, 7) is 3.58. The van der Waals surface area contributed by atoms with Crippen molar-refractivity contribution in [2.45, 2.75) is 12.8 Å². The smallest absolute Gasteiger partial charge is 0.388 e. The molecule has 0 aromatic carbocycles. The molecule has 0 atom stereocenters. The number of nitrogens with zero attached hydrogens (tertiary/aromatic N) is 3. The highest BCUT2D eigenvalue weighted by Gasteiger charge is 2.31. The van der Waals surface area contributed by atoms with Crippen LogP contribution in [0.1, 0.15) is 12.0 Å². The van der Waals surface area contributed by atoms with Crippen molar-refractivity contribution in [3.8, 4) is 5.88 Å². The van der Waals surface area contributed by atoms with Gasteiger partial charge in [0, 0.05) is 30.9 Å². The van der Waals surface area contributed by atoms with Gasteiger partial charge in [-0.2, -0.15) is 0 Å². The Kier molecular flexibility index (Phi) is 5.81. The Balaban J connectivity index is 1.75. The van der Waals surface area contributed by atoms with Crippen molar-refractivity contribution in [3.05, 3.63) is 60.7 Å². The van der Waals surface area contributed by atoms with Crippen molar-refractivity contribution in [2.75, 3.05) is 18.4 Å². The molecule has 1 N–H and O–H groups in total. The van der Waals surface area contributed by atoms with Crippen molar-refractivity contribution in [1.82, 2.24) is 14.9 Å². The Morgan fingerprint density at radius 3 is 2.62 bits per heavy atom. The molecule has 1 aliphatic heterocycles. The van der Waals surface area contributed by atoms with E-state index in [0.717, 1.165) is 17.2 Å². The fourth-order valence-electron chi connectivity index (χ4n) is 2.80. The van der Waals surface area contributed by atoms with Gasteiger partial charge in [0.05, 0.1) is 11.9 Å². The van der Waals surface area contributed by atoms with Crippen LogP contribution in [0.15, 0.2) is 55.1 Å². The van der Waals surface area contributed by atoms with E-state index >= 15 is 0 Å². The molecule has 3 heterocycles. The van der Waals surface area contributed by atoms with Crippen molar-refractivity contribution in [1.29, 1.82) is 0 Å². The van der Waals surface area contributed by atoms with Gasteiger partial charge in [-0.05, 0) is 30.2 Å². The SMILES string of the molecule is C=C(F)C(=O)N1CC=C(c2cccnc2Nc2ccc(OC(F)(F)F)nc2)CC1. The molecular weight excluding hydrogens is 392 g/mol. The molecular formula is C19H16F4N4O2. The molecule has 2 aromatic rings. The maximum Gasteiger partial charge on any atom is 0.574 e. The number of carbonyl (C=O) groups excluding carboxylic acids is 1. The van der Waals surface area contributed by atoms with Gasteiger partial charge in [-0.1, -0.05) is 12.7 Å². The van der Waals surface area contributed by atoms with E-state index in [2.05, 4.69) is 26.6 Å². The highest BCUT2D eigenvalue weighted by atomic mass is 19.4. The largest absolute Gasteiger partial charge is 0.574 e. The van der Waals surface area contributed by atoms with Gasteiger partial charge in [-0.25, -0.2) is 14.4 Å². The topological polar surface area (TPSA) is 67.4 Å². The Morgan fingerprint density at radius 2 is 2.03 bits per heavy atom. The lowest BCUT2D eigenvalue weighted by Crippen LogP contribution is -2.34. The van der Waals surface area contributed by atoms with Gasteiger partial charge in [-0.3, -0.25) is 4.79 Å². The highest BCUT2D eigenvalue weighted by Crippen LogP contribution is 2.30. The summed E-state index contributed by atoms with van der Waals surface area (Å²) in [5.41, 5.74) is 2.08. The minimum Gasteiger partial charge on any atom is -0.388 e. The van der Waals surface area contributed by atoms with E-state index in [4.69, 9.17) is 0 Å². The van der Waals surface area contributed by atoms with Crippen LogP contribution in [0.3, 0.4) is 0 Å². The normalized spacial score (nSPS) is 14.2. The Labute approximate surface area is 163 Å². The number of carbonyl (C=O) groups is 1. The molecule has 0 fully saturated rings. The lowest BCUT2D eigenvalue weighted by molar-refractivity contribution is -0.276. The second-order valence-electron chi connectivity index (χ2n) is 6.09. The zero-order valence-corrected chi connectivity index (χ0v) is 15.0. The molecule has 0 radical (unpaired) electrons. The van der Waals surface area contributed by atoms with Crippen LogP contribution in [0, 0.1) is 0 Å². The number of nitrogens with one attached hydrogen (secondary N) is 1. The fraction of sp³-hybridized carbons (Fsp3) is 0.211. The maximum atomic E-state index is 13.0. The number of rotatable bonds is 5. The van der Waals surface area contributed by atoms with Gasteiger partial charge in [0.15, 0.2) is 5.83 Å². The van der Waals surface area contributed by atoms with E-state index in [1.807, 2.05) is 6.07 Å². The maximum absolute atomic E-state index is 13.0. The zero-order chi connectivity index (χ0) is 21.0. The molecule has 3 rings (SSSR count). The minimum absolute atomic E-state index is 0.233. The lowest BCUT2D eigenvalue weighted by Gasteiger charge is -2.26. The second-order valence-corrected chi connectivity index (χ2v) is 6.09. The van der Waals surface area contributed by atoms with Crippen LogP contribution in [0.5, 0.6) is 5.88 Å². The number of halogens is 4. The number of hydrogen-bond acceptors (Lipinski definition) is 5. The van der Waals surface area contributed by atoms with E-state index in [1.165, 1.54) is 17.2 Å². The Hall–Kier alpha value is -3.43. The van der Waals surface area contributed by atoms with Crippen LogP contribution < -0.4 is 10.1 Å². The molecule has 29 heavy (non-hydrogen) atoms. The summed E-state index contributed by atoms with van der Waals surface area (Å²) >= 11 is 0. The average Bonchev–Trinajstić information content (AvgIpc) is 2.68. The average molecular weight is 408 g/mol. The van der Waals surface area contributed by atoms with E-state index in [0.29, 0.717) is 24.5 Å². The van der Waals surface area contributed by atoms with Crippen molar-refractivity contribution >= 4 is 23.0 Å². The van der Waals surface area contributed by atoms with Crippen molar-refractivity contribution < 1.29 is 27.1 Å². The third-order valence-electron chi connectivity index (χ3n) is 4.10. The van der Waals surface area contributed by atoms with Gasteiger partial charge in [0.1, 0.15) is 5.82 Å². The standard InChI is InChI=1S/C19H16F4N4O2/c1-12(20)18(28)27-9-6-13(7-10-27)15-3-2-8-24-17(15)26-14-4-5-16(25-11-14)29-19(21,22)23/h2-6,8,11H,1,7,9-10H2,(H,24,26). The van der Waals surface area contributed by atoms with Gasteiger partial charge < -0.3 is 15.0 Å². The summed E-state index contributed by atoms with van der Waals surface area (Å²) in [5, 5.41) is 3.01. The first-order valence-corrected chi connectivity index (χ1v) is 8.50. The second kappa shape index (κ2) is 8.29. The first-order valence-electron chi connectivity index (χ1n) is 8.50. The molecule has 0 aliphatic carbocycles. The van der Waals surface area contributed by atoms with Crippen LogP contribution in [-0.2, 0) is 4.79 Å². The van der Waals surface area contributed by atoms with Gasteiger partial charge in [-0.15, -0.1) is 13.2 Å². The van der Waals surface area contributed by atoms with E-state index in [9.17, 15) is 22.4 Å². The third-order valence-corrected chi connectivity index (χ3v) is 4.10. The number of amides is 1. The summed E-state index contributed by atoms with van der Waals surface area (Å²) < 4.78 is 53.4. The quantitative estimate of drug-likeness (QED) is 0.593. The van der Waals surface area contributed by atoms with Crippen LogP contribution in [0.4, 0.5) is 29.1 Å². The van der Waals surface area contributed by atoms with Crippen molar-refractivity contribution in [2.24, 2.45) is 0 Å². The molecule has 0 unspecified atom stereocenters. The van der Waals surface area contributed by atoms with Gasteiger partial charge in [0.2, 0.25) is 5.88 Å². The van der Waals surface area contributed by atoms with Crippen LogP contribution in [0.2, 0.25) is 0 Å². The van der Waals surface area contributed by atoms with Gasteiger partial charge in [0.25, 0.3) is 5.91 Å². The third kappa shape index (κ3) is 5.31. The number of alkyl halides is 3. The van der Waals surface area contributed by atoms with Crippen LogP contribution in [0.25, 0.3) is 5.57 Å². The number of anilines is 2. The van der Waals surface area contributed by atoms with Crippen molar-refractivity contribution in [3.63, 3.8) is 0 Å². The molecule has 0 saturated heterocycles. The fourth-order valence-corrected chi connectivity index (χ4v) is 2.80. The molecule has 0 bridgehead atoms. The number of aromatic nitrogens is 2. The molecule has 1 aliphatic rings. The van der Waals surface area contributed by atoms with Crippen LogP contribution in [-0.4, -0.2) is 40.2 Å². The zero-order valence-electron chi connectivity index (χ0n) is 15.0. The van der Waals surface area contributed by atoms with Crippen LogP contribution >= 0.6 is 0 Å². The van der Waals surface area contributed by atoms with E-state index in [-0.39, 0.29) is 6.54 Å². The number of ether oxygens (including phenoxy) is 1. The summed E-state index contributed by atoms with van der Waals surface area (Å²) in [4.78, 5) is 20.9. The Morgan fingerprint density at radius 1 is 1.24 bits per heavy atom. The minimum atomic E-state index is -4.81. The predicted molar refractivity (Wildman–Crippen MR) is 97.9 cm³/mol. The summed E-state index contributed by atoms with van der Waals surface area (Å²) in [6, 6.07) is 6.03. The highest BCUT2D eigenvalue weighted by molar-refractivity contribution is 5.91. The number of hydrogen-bond donors (Lipinski definition) is 1. The Bertz CT molecular complexity index is 942. The molecule has 10 heteroatoms.